The molecule has 0 radical (unpaired) electrons. The highest BCUT2D eigenvalue weighted by Gasteiger charge is 2.11. The fourth-order valence-electron chi connectivity index (χ4n) is 4.78. The van der Waals surface area contributed by atoms with Gasteiger partial charge in [-0.1, -0.05) is 77.3 Å². The van der Waals surface area contributed by atoms with Crippen LogP contribution >= 0.6 is 15.9 Å². The second kappa shape index (κ2) is 11.6. The van der Waals surface area contributed by atoms with E-state index in [0.717, 1.165) is 63.0 Å². The summed E-state index contributed by atoms with van der Waals surface area (Å²) in [4.78, 5) is 25.9. The Hall–Kier alpha value is -3.64. The number of fused-ring (bicyclic) bond motifs is 2. The van der Waals surface area contributed by atoms with E-state index < -0.39 is 0 Å². The van der Waals surface area contributed by atoms with E-state index in [0.29, 0.717) is 19.7 Å². The quantitative estimate of drug-likeness (QED) is 0.141. The monoisotopic (exact) mass is 556 g/mol. The first-order valence-corrected chi connectivity index (χ1v) is 13.5. The summed E-state index contributed by atoms with van der Waals surface area (Å²) in [5, 5.41) is 4.52. The van der Waals surface area contributed by atoms with Crippen LogP contribution in [0.2, 0.25) is 0 Å². The maximum atomic E-state index is 13.3. The van der Waals surface area contributed by atoms with Gasteiger partial charge in [0.1, 0.15) is 5.75 Å². The molecular formula is C31H29BrN2O3. The summed E-state index contributed by atoms with van der Waals surface area (Å²) >= 11 is 3.42. The lowest BCUT2D eigenvalue weighted by Gasteiger charge is -2.14. The van der Waals surface area contributed by atoms with Crippen molar-refractivity contribution in [3.63, 3.8) is 0 Å². The van der Waals surface area contributed by atoms with Crippen LogP contribution in [0, 0.1) is 0 Å². The molecule has 5 aromatic rings. The topological polar surface area (TPSA) is 53.2 Å². The van der Waals surface area contributed by atoms with Gasteiger partial charge in [0.05, 0.1) is 13.2 Å². The molecule has 5 nitrogen and oxygen atoms in total. The minimum atomic E-state index is -0.261. The molecular weight excluding hydrogens is 528 g/mol. The summed E-state index contributed by atoms with van der Waals surface area (Å²) in [5.74, 6) is 0.860. The zero-order valence-corrected chi connectivity index (χ0v) is 22.2. The summed E-state index contributed by atoms with van der Waals surface area (Å²) in [6, 6.07) is 28.0. The summed E-state index contributed by atoms with van der Waals surface area (Å²) in [5.41, 5.74) is 0.581. The number of ether oxygens (including phenoxy) is 1. The fraction of sp³-hybridized carbons (Fsp3) is 0.226. The first-order chi connectivity index (χ1) is 18.1. The van der Waals surface area contributed by atoms with E-state index in [9.17, 15) is 9.59 Å². The number of nitrogens with zero attached hydrogens (tertiary/aromatic N) is 2. The molecule has 6 heteroatoms. The lowest BCUT2D eigenvalue weighted by molar-refractivity contribution is 0.304. The van der Waals surface area contributed by atoms with Gasteiger partial charge in [-0.25, -0.2) is 4.79 Å². The molecule has 0 fully saturated rings. The molecule has 0 spiro atoms. The zero-order valence-electron chi connectivity index (χ0n) is 20.6. The minimum absolute atomic E-state index is 0.248. The molecule has 0 saturated carbocycles. The van der Waals surface area contributed by atoms with E-state index in [2.05, 4.69) is 46.3 Å². The van der Waals surface area contributed by atoms with Crippen LogP contribution in [-0.4, -0.2) is 15.7 Å². The predicted octanol–water partition coefficient (Wildman–Crippen LogP) is 6.77. The highest BCUT2D eigenvalue weighted by Crippen LogP contribution is 2.28. The summed E-state index contributed by atoms with van der Waals surface area (Å²) in [6.45, 7) is 1.48. The minimum Gasteiger partial charge on any atom is -0.494 e. The number of aromatic nitrogens is 2. The number of hydrogen-bond donors (Lipinski definition) is 0. The van der Waals surface area contributed by atoms with Gasteiger partial charge in [0.25, 0.3) is 5.56 Å². The molecule has 0 N–H and O–H groups in total. The Labute approximate surface area is 224 Å². The van der Waals surface area contributed by atoms with E-state index >= 15 is 0 Å². The standard InChI is InChI=1S/C31H29BrN2O3/c32-25-13-15-26(16-14-25)37-20-8-2-1-7-18-34-30(35)17-19-33(31(34)36)22-29-27-11-5-3-9-23(27)21-24-10-4-6-12-28(24)29/h3-6,9-17,19,21H,1-2,7-8,18,20,22H2. The molecule has 4 aromatic carbocycles. The second-order valence-electron chi connectivity index (χ2n) is 9.23. The van der Waals surface area contributed by atoms with Crippen LogP contribution in [0.25, 0.3) is 21.5 Å². The summed E-state index contributed by atoms with van der Waals surface area (Å²) in [6.07, 6.45) is 5.23. The third-order valence-electron chi connectivity index (χ3n) is 6.71. The average Bonchev–Trinajstić information content (AvgIpc) is 2.92. The molecule has 0 saturated heterocycles. The van der Waals surface area contributed by atoms with Gasteiger partial charge in [-0.15, -0.1) is 0 Å². The summed E-state index contributed by atoms with van der Waals surface area (Å²) in [7, 11) is 0. The molecule has 0 bridgehead atoms. The van der Waals surface area contributed by atoms with E-state index in [1.165, 1.54) is 10.6 Å². The molecule has 5 rings (SSSR count). The number of hydrogen-bond acceptors (Lipinski definition) is 3. The van der Waals surface area contributed by atoms with E-state index in [1.807, 2.05) is 48.5 Å². The van der Waals surface area contributed by atoms with Crippen LogP contribution in [0.15, 0.2) is 105 Å². The molecule has 0 atom stereocenters. The van der Waals surface area contributed by atoms with Crippen molar-refractivity contribution in [3.05, 3.63) is 122 Å². The van der Waals surface area contributed by atoms with E-state index in [1.54, 1.807) is 10.8 Å². The first-order valence-electron chi connectivity index (χ1n) is 12.7. The predicted molar refractivity (Wildman–Crippen MR) is 154 cm³/mol. The van der Waals surface area contributed by atoms with Crippen molar-refractivity contribution in [2.45, 2.75) is 38.8 Å². The van der Waals surface area contributed by atoms with Crippen molar-refractivity contribution >= 4 is 37.5 Å². The molecule has 37 heavy (non-hydrogen) atoms. The average molecular weight is 557 g/mol. The fourth-order valence-corrected chi connectivity index (χ4v) is 5.04. The number of halogens is 1. The van der Waals surface area contributed by atoms with E-state index in [4.69, 9.17) is 4.74 Å². The maximum absolute atomic E-state index is 13.3. The van der Waals surface area contributed by atoms with Gasteiger partial charge >= 0.3 is 5.69 Å². The first kappa shape index (κ1) is 25.0. The normalized spacial score (nSPS) is 11.3. The third kappa shape index (κ3) is 5.86. The number of benzene rings is 4. The van der Waals surface area contributed by atoms with Gasteiger partial charge in [0, 0.05) is 23.3 Å². The lowest BCUT2D eigenvalue weighted by atomic mass is 9.97. The van der Waals surface area contributed by atoms with Crippen LogP contribution in [0.4, 0.5) is 0 Å². The van der Waals surface area contributed by atoms with Gasteiger partial charge in [-0.3, -0.25) is 13.9 Å². The molecule has 1 heterocycles. The lowest BCUT2D eigenvalue weighted by Crippen LogP contribution is -2.39. The SMILES string of the molecule is O=c1ccn(Cc2c3ccccc3cc3ccccc23)c(=O)n1CCCCCCOc1ccc(Br)cc1. The number of unbranched alkanes of at least 4 members (excludes halogenated alkanes) is 3. The molecule has 0 aliphatic carbocycles. The van der Waals surface area contributed by atoms with Crippen molar-refractivity contribution in [3.8, 4) is 5.75 Å². The van der Waals surface area contributed by atoms with Gasteiger partial charge < -0.3 is 4.74 Å². The van der Waals surface area contributed by atoms with Crippen molar-refractivity contribution in [1.82, 2.24) is 9.13 Å². The molecule has 0 unspecified atom stereocenters. The Morgan fingerprint density at radius 1 is 0.730 bits per heavy atom. The van der Waals surface area contributed by atoms with Crippen molar-refractivity contribution in [1.29, 1.82) is 0 Å². The van der Waals surface area contributed by atoms with Crippen LogP contribution in [0.5, 0.6) is 5.75 Å². The Morgan fingerprint density at radius 3 is 2.08 bits per heavy atom. The van der Waals surface area contributed by atoms with Crippen LogP contribution in [0.3, 0.4) is 0 Å². The third-order valence-corrected chi connectivity index (χ3v) is 7.24. The van der Waals surface area contributed by atoms with Crippen molar-refractivity contribution in [2.75, 3.05) is 6.61 Å². The van der Waals surface area contributed by atoms with E-state index in [-0.39, 0.29) is 11.2 Å². The Balaban J connectivity index is 1.25. The van der Waals surface area contributed by atoms with Gasteiger partial charge in [0.2, 0.25) is 0 Å². The molecule has 0 aliphatic heterocycles. The second-order valence-corrected chi connectivity index (χ2v) is 10.1. The molecule has 1 aromatic heterocycles. The van der Waals surface area contributed by atoms with Crippen molar-refractivity contribution in [2.24, 2.45) is 0 Å². The van der Waals surface area contributed by atoms with Gasteiger partial charge in [-0.05, 0) is 70.3 Å². The Morgan fingerprint density at radius 2 is 1.38 bits per heavy atom. The summed E-state index contributed by atoms with van der Waals surface area (Å²) < 4.78 is 9.82. The van der Waals surface area contributed by atoms with Crippen LogP contribution < -0.4 is 16.0 Å². The smallest absolute Gasteiger partial charge is 0.331 e. The highest BCUT2D eigenvalue weighted by molar-refractivity contribution is 9.10. The van der Waals surface area contributed by atoms with Gasteiger partial charge in [0.15, 0.2) is 0 Å². The van der Waals surface area contributed by atoms with Crippen LogP contribution in [0.1, 0.15) is 31.2 Å². The Bertz CT molecular complexity index is 1580. The van der Waals surface area contributed by atoms with Crippen molar-refractivity contribution < 1.29 is 4.74 Å². The van der Waals surface area contributed by atoms with Crippen LogP contribution in [-0.2, 0) is 13.1 Å². The van der Waals surface area contributed by atoms with Gasteiger partial charge in [-0.2, -0.15) is 0 Å². The zero-order chi connectivity index (χ0) is 25.6. The maximum Gasteiger partial charge on any atom is 0.331 e. The largest absolute Gasteiger partial charge is 0.494 e. The number of rotatable bonds is 10. The highest BCUT2D eigenvalue weighted by atomic mass is 79.9. The Kier molecular flexibility index (Phi) is 7.85. The molecule has 0 aliphatic rings. The molecule has 188 valence electrons. The molecule has 0 amide bonds.